The number of hydrogen-bond acceptors (Lipinski definition) is 5. The molecule has 5 heteroatoms. The second-order valence-electron chi connectivity index (χ2n) is 4.43. The maximum absolute atomic E-state index is 9.89. The van der Waals surface area contributed by atoms with Crippen molar-refractivity contribution in [3.8, 4) is 0 Å². The van der Waals surface area contributed by atoms with E-state index in [9.17, 15) is 5.11 Å². The van der Waals surface area contributed by atoms with Crippen LogP contribution in [0.5, 0.6) is 0 Å². The lowest BCUT2D eigenvalue weighted by Gasteiger charge is -2.21. The largest absolute Gasteiger partial charge is 0.387 e. The van der Waals surface area contributed by atoms with Crippen molar-refractivity contribution in [3.05, 3.63) is 0 Å². The van der Waals surface area contributed by atoms with Gasteiger partial charge in [0.15, 0.2) is 12.1 Å². The molecule has 5 atom stereocenters. The zero-order valence-electron chi connectivity index (χ0n) is 8.17. The normalized spacial score (nSPS) is 54.6. The summed E-state index contributed by atoms with van der Waals surface area (Å²) in [5.41, 5.74) is 0. The molecule has 3 saturated heterocycles. The van der Waals surface area contributed by atoms with Crippen molar-refractivity contribution < 1.29 is 24.1 Å². The van der Waals surface area contributed by atoms with Gasteiger partial charge >= 0.3 is 0 Å². The smallest absolute Gasteiger partial charge is 0.190 e. The third-order valence-corrected chi connectivity index (χ3v) is 2.78. The van der Waals surface area contributed by atoms with Gasteiger partial charge in [-0.15, -0.1) is 0 Å². The molecule has 3 fully saturated rings. The molecule has 0 bridgehead atoms. The lowest BCUT2D eigenvalue weighted by molar-refractivity contribution is -0.216. The maximum atomic E-state index is 9.89. The second kappa shape index (κ2) is 2.68. The summed E-state index contributed by atoms with van der Waals surface area (Å²) in [5.74, 6) is -0.661. The molecule has 0 aromatic heterocycles. The molecule has 5 unspecified atom stereocenters. The zero-order chi connectivity index (χ0) is 9.92. The Morgan fingerprint density at radius 3 is 2.50 bits per heavy atom. The van der Waals surface area contributed by atoms with Crippen LogP contribution in [0.2, 0.25) is 0 Å². The first-order valence-corrected chi connectivity index (χ1v) is 4.88. The highest BCUT2D eigenvalue weighted by Gasteiger charge is 2.58. The summed E-state index contributed by atoms with van der Waals surface area (Å²) in [6.07, 6.45) is -1.74. The fourth-order valence-corrected chi connectivity index (χ4v) is 2.07. The van der Waals surface area contributed by atoms with Crippen molar-refractivity contribution in [2.45, 2.75) is 50.3 Å². The van der Waals surface area contributed by atoms with Crippen molar-refractivity contribution >= 4 is 0 Å². The van der Waals surface area contributed by atoms with Crippen molar-refractivity contribution in [2.75, 3.05) is 6.61 Å². The van der Waals surface area contributed by atoms with E-state index in [4.69, 9.17) is 18.9 Å². The van der Waals surface area contributed by atoms with Gasteiger partial charge < -0.3 is 24.1 Å². The molecule has 5 nitrogen and oxygen atoms in total. The van der Waals surface area contributed by atoms with Gasteiger partial charge in [0.2, 0.25) is 0 Å². The second-order valence-corrected chi connectivity index (χ2v) is 4.43. The van der Waals surface area contributed by atoms with Crippen molar-refractivity contribution in [3.63, 3.8) is 0 Å². The molecule has 1 N–H and O–H groups in total. The number of aliphatic hydroxyl groups excluding tert-OH is 1. The van der Waals surface area contributed by atoms with Crippen molar-refractivity contribution in [1.29, 1.82) is 0 Å². The Bertz CT molecular complexity index is 248. The molecule has 3 heterocycles. The lowest BCUT2D eigenvalue weighted by Crippen LogP contribution is -2.37. The molecule has 80 valence electrons. The molecule has 14 heavy (non-hydrogen) atoms. The summed E-state index contributed by atoms with van der Waals surface area (Å²) in [6.45, 7) is 4.28. The van der Waals surface area contributed by atoms with Crippen LogP contribution in [-0.4, -0.2) is 48.2 Å². The highest BCUT2D eigenvalue weighted by molar-refractivity contribution is 4.98. The van der Waals surface area contributed by atoms with Crippen LogP contribution in [0.4, 0.5) is 0 Å². The number of epoxide rings is 1. The third kappa shape index (κ3) is 1.28. The van der Waals surface area contributed by atoms with Crippen molar-refractivity contribution in [1.82, 2.24) is 0 Å². The first-order valence-electron chi connectivity index (χ1n) is 4.88. The Balaban J connectivity index is 1.74. The van der Waals surface area contributed by atoms with E-state index in [2.05, 4.69) is 0 Å². The molecule has 0 aromatic rings. The number of hydrogen-bond donors (Lipinski definition) is 1. The van der Waals surface area contributed by atoms with Gasteiger partial charge in [0.25, 0.3) is 0 Å². The molecule has 0 radical (unpaired) electrons. The van der Waals surface area contributed by atoms with Gasteiger partial charge in [0, 0.05) is 0 Å². The topological polar surface area (TPSA) is 60.5 Å². The lowest BCUT2D eigenvalue weighted by atomic mass is 10.1. The minimum Gasteiger partial charge on any atom is -0.387 e. The number of rotatable bonds is 1. The summed E-state index contributed by atoms with van der Waals surface area (Å²) < 4.78 is 21.7. The van der Waals surface area contributed by atoms with Gasteiger partial charge in [-0.05, 0) is 13.8 Å². The molecule has 0 aromatic carbocycles. The minimum absolute atomic E-state index is 0.0194. The molecule has 0 saturated carbocycles. The van der Waals surface area contributed by atoms with Crippen LogP contribution in [0, 0.1) is 0 Å². The standard InChI is InChI=1S/C9H14O5/c1-9(2)13-7-5(10)6(4-3-11-4)12-8(7)14-9/h4-8,10H,3H2,1-2H3. The van der Waals surface area contributed by atoms with E-state index >= 15 is 0 Å². The highest BCUT2D eigenvalue weighted by Crippen LogP contribution is 2.40. The van der Waals surface area contributed by atoms with Crippen molar-refractivity contribution in [2.24, 2.45) is 0 Å². The van der Waals surface area contributed by atoms with Gasteiger partial charge in [-0.25, -0.2) is 0 Å². The summed E-state index contributed by atoms with van der Waals surface area (Å²) in [7, 11) is 0. The van der Waals surface area contributed by atoms with Crippen LogP contribution in [0.15, 0.2) is 0 Å². The van der Waals surface area contributed by atoms with Crippen LogP contribution in [0.3, 0.4) is 0 Å². The molecule has 3 rings (SSSR count). The third-order valence-electron chi connectivity index (χ3n) is 2.78. The first-order chi connectivity index (χ1) is 6.57. The van der Waals surface area contributed by atoms with E-state index < -0.39 is 18.2 Å². The summed E-state index contributed by atoms with van der Waals surface area (Å²) in [6, 6.07) is 0. The molecule has 0 amide bonds. The average molecular weight is 202 g/mol. The Kier molecular flexibility index (Phi) is 1.73. The summed E-state index contributed by atoms with van der Waals surface area (Å²) in [5, 5.41) is 9.89. The number of fused-ring (bicyclic) bond motifs is 1. The predicted octanol–water partition coefficient (Wildman–Crippen LogP) is -0.378. The minimum atomic E-state index is -0.661. The van der Waals surface area contributed by atoms with Gasteiger partial charge in [-0.1, -0.05) is 0 Å². The molecule has 3 aliphatic heterocycles. The summed E-state index contributed by atoms with van der Waals surface area (Å²) >= 11 is 0. The molecule has 0 spiro atoms. The summed E-state index contributed by atoms with van der Waals surface area (Å²) in [4.78, 5) is 0. The first kappa shape index (κ1) is 9.06. The Morgan fingerprint density at radius 2 is 1.93 bits per heavy atom. The van der Waals surface area contributed by atoms with Crippen LogP contribution >= 0.6 is 0 Å². The average Bonchev–Trinajstić information content (AvgIpc) is 2.81. The van der Waals surface area contributed by atoms with Gasteiger partial charge in [-0.2, -0.15) is 0 Å². The van der Waals surface area contributed by atoms with Crippen LogP contribution < -0.4 is 0 Å². The fourth-order valence-electron chi connectivity index (χ4n) is 2.07. The molecular weight excluding hydrogens is 188 g/mol. The zero-order valence-corrected chi connectivity index (χ0v) is 8.17. The number of ether oxygens (including phenoxy) is 4. The Morgan fingerprint density at radius 1 is 1.21 bits per heavy atom. The highest BCUT2D eigenvalue weighted by atomic mass is 16.8. The van der Waals surface area contributed by atoms with E-state index in [1.165, 1.54) is 0 Å². The monoisotopic (exact) mass is 202 g/mol. The maximum Gasteiger partial charge on any atom is 0.190 e. The SMILES string of the molecule is CC1(C)OC2OC(C3CO3)C(O)C2O1. The van der Waals surface area contributed by atoms with Gasteiger partial charge in [-0.3, -0.25) is 0 Å². The fraction of sp³-hybridized carbons (Fsp3) is 1.00. The van der Waals surface area contributed by atoms with E-state index in [-0.39, 0.29) is 18.3 Å². The van der Waals surface area contributed by atoms with E-state index in [1.54, 1.807) is 0 Å². The number of aliphatic hydroxyl groups is 1. The predicted molar refractivity (Wildman–Crippen MR) is 44.4 cm³/mol. The quantitative estimate of drug-likeness (QED) is 0.587. The Labute approximate surface area is 81.9 Å². The van der Waals surface area contributed by atoms with Crippen LogP contribution in [0.25, 0.3) is 0 Å². The Hall–Kier alpha value is -0.200. The molecule has 0 aliphatic carbocycles. The molecular formula is C9H14O5. The van der Waals surface area contributed by atoms with E-state index in [1.807, 2.05) is 13.8 Å². The van der Waals surface area contributed by atoms with Gasteiger partial charge in [0.1, 0.15) is 24.4 Å². The van der Waals surface area contributed by atoms with E-state index in [0.29, 0.717) is 6.61 Å². The van der Waals surface area contributed by atoms with E-state index in [0.717, 1.165) is 0 Å². The van der Waals surface area contributed by atoms with Crippen LogP contribution in [0.1, 0.15) is 13.8 Å². The molecule has 3 aliphatic rings. The van der Waals surface area contributed by atoms with Crippen LogP contribution in [-0.2, 0) is 18.9 Å². The van der Waals surface area contributed by atoms with Gasteiger partial charge in [0.05, 0.1) is 6.61 Å².